The Bertz CT molecular complexity index is 996. The van der Waals surface area contributed by atoms with Crippen LogP contribution in [0.2, 0.25) is 0 Å². The summed E-state index contributed by atoms with van der Waals surface area (Å²) >= 11 is 0. The summed E-state index contributed by atoms with van der Waals surface area (Å²) < 4.78 is 33.8. The van der Waals surface area contributed by atoms with Crippen LogP contribution in [-0.2, 0) is 14.8 Å². The normalized spacial score (nSPS) is 16.4. The van der Waals surface area contributed by atoms with Crippen LogP contribution in [0.15, 0.2) is 47.4 Å². The molecule has 0 atom stereocenters. The summed E-state index contributed by atoms with van der Waals surface area (Å²) in [5.74, 6) is 0.785. The second-order valence-electron chi connectivity index (χ2n) is 8.05. The molecule has 3 rings (SSSR count). The molecule has 1 amide bonds. The molecular weight excluding hydrogens is 376 g/mol. The Labute approximate surface area is 166 Å². The van der Waals surface area contributed by atoms with E-state index in [2.05, 4.69) is 18.6 Å². The fraction of sp³-hybridized carbons (Fsp3) is 0.381. The van der Waals surface area contributed by atoms with Gasteiger partial charge in [0.25, 0.3) is 10.0 Å². The lowest BCUT2D eigenvalue weighted by molar-refractivity contribution is -0.127. The van der Waals surface area contributed by atoms with Crippen molar-refractivity contribution in [2.24, 2.45) is 5.41 Å². The van der Waals surface area contributed by atoms with E-state index in [4.69, 9.17) is 4.74 Å². The van der Waals surface area contributed by atoms with Gasteiger partial charge in [0.1, 0.15) is 12.4 Å². The van der Waals surface area contributed by atoms with Crippen LogP contribution in [0.3, 0.4) is 0 Å². The number of amides is 1. The highest BCUT2D eigenvalue weighted by atomic mass is 32.2. The molecule has 0 aromatic heterocycles. The molecule has 28 heavy (non-hydrogen) atoms. The molecule has 150 valence electrons. The number of benzene rings is 2. The van der Waals surface area contributed by atoms with Crippen LogP contribution >= 0.6 is 0 Å². The second kappa shape index (κ2) is 7.13. The van der Waals surface area contributed by atoms with Crippen LogP contribution < -0.4 is 14.4 Å². The number of hydrogen-bond acceptors (Lipinski definition) is 4. The molecule has 1 heterocycles. The Morgan fingerprint density at radius 2 is 1.75 bits per heavy atom. The number of fused-ring (bicyclic) bond motifs is 1. The largest absolute Gasteiger partial charge is 0.490 e. The first kappa shape index (κ1) is 20.2. The first-order chi connectivity index (χ1) is 13.0. The van der Waals surface area contributed by atoms with E-state index >= 15 is 0 Å². The fourth-order valence-corrected chi connectivity index (χ4v) is 4.14. The van der Waals surface area contributed by atoms with Gasteiger partial charge in [0.05, 0.1) is 21.7 Å². The summed E-state index contributed by atoms with van der Waals surface area (Å²) in [6, 6.07) is 11.8. The van der Waals surface area contributed by atoms with Crippen LogP contribution in [0, 0.1) is 5.41 Å². The Hall–Kier alpha value is -2.54. The minimum atomic E-state index is -3.74. The lowest BCUT2D eigenvalue weighted by atomic mass is 9.93. The minimum Gasteiger partial charge on any atom is -0.490 e. The first-order valence-corrected chi connectivity index (χ1v) is 10.7. The molecule has 7 heteroatoms. The average Bonchev–Trinajstić information content (AvgIpc) is 2.72. The van der Waals surface area contributed by atoms with Gasteiger partial charge < -0.3 is 9.64 Å². The molecule has 0 saturated carbocycles. The lowest BCUT2D eigenvalue weighted by Crippen LogP contribution is -2.39. The molecule has 0 radical (unpaired) electrons. The summed E-state index contributed by atoms with van der Waals surface area (Å²) in [6.45, 7) is 8.01. The highest BCUT2D eigenvalue weighted by Gasteiger charge is 2.36. The van der Waals surface area contributed by atoms with E-state index in [9.17, 15) is 13.2 Å². The van der Waals surface area contributed by atoms with E-state index in [0.29, 0.717) is 23.0 Å². The summed E-state index contributed by atoms with van der Waals surface area (Å²) in [4.78, 5) is 14.3. The van der Waals surface area contributed by atoms with Crippen LogP contribution in [0.4, 0.5) is 11.4 Å². The van der Waals surface area contributed by atoms with Crippen LogP contribution in [-0.4, -0.2) is 28.0 Å². The monoisotopic (exact) mass is 402 g/mol. The molecule has 2 aromatic carbocycles. The van der Waals surface area contributed by atoms with Crippen LogP contribution in [0.25, 0.3) is 0 Å². The molecule has 0 unspecified atom stereocenters. The number of carbonyl (C=O) groups excluding carboxylic acids is 1. The third-order valence-electron chi connectivity index (χ3n) is 4.90. The van der Waals surface area contributed by atoms with E-state index < -0.39 is 15.4 Å². The summed E-state index contributed by atoms with van der Waals surface area (Å²) in [5, 5.41) is 0. The van der Waals surface area contributed by atoms with Crippen LogP contribution in [0.1, 0.15) is 39.2 Å². The van der Waals surface area contributed by atoms with Gasteiger partial charge in [-0.25, -0.2) is 8.42 Å². The van der Waals surface area contributed by atoms with Crippen LogP contribution in [0.5, 0.6) is 5.75 Å². The quantitative estimate of drug-likeness (QED) is 0.839. The predicted octanol–water partition coefficient (Wildman–Crippen LogP) is 3.99. The van der Waals surface area contributed by atoms with Gasteiger partial charge in [0.15, 0.2) is 0 Å². The maximum Gasteiger partial charge on any atom is 0.261 e. The fourth-order valence-electron chi connectivity index (χ4n) is 3.09. The smallest absolute Gasteiger partial charge is 0.261 e. The van der Waals surface area contributed by atoms with Gasteiger partial charge in [0, 0.05) is 7.05 Å². The van der Waals surface area contributed by atoms with Crippen molar-refractivity contribution in [2.45, 2.75) is 38.5 Å². The summed E-state index contributed by atoms with van der Waals surface area (Å²) in [7, 11) is -2.07. The van der Waals surface area contributed by atoms with Crippen molar-refractivity contribution in [3.63, 3.8) is 0 Å². The molecule has 1 aliphatic heterocycles. The number of hydrogen-bond donors (Lipinski definition) is 1. The van der Waals surface area contributed by atoms with Gasteiger partial charge in [-0.3, -0.25) is 9.52 Å². The number of nitrogens with zero attached hydrogens (tertiary/aromatic N) is 1. The number of ether oxygens (including phenoxy) is 1. The van der Waals surface area contributed by atoms with Crippen molar-refractivity contribution >= 4 is 27.3 Å². The topological polar surface area (TPSA) is 75.7 Å². The van der Waals surface area contributed by atoms with E-state index in [1.165, 1.54) is 4.90 Å². The second-order valence-corrected chi connectivity index (χ2v) is 9.73. The number of carbonyl (C=O) groups is 1. The van der Waals surface area contributed by atoms with Crippen molar-refractivity contribution in [3.8, 4) is 5.75 Å². The van der Waals surface area contributed by atoms with E-state index in [1.54, 1.807) is 37.4 Å². The SMILES string of the molecule is CC(C)c1ccc(S(=O)(=O)Nc2ccc3c(c2)N(C)C(=O)C(C)(C)CO3)cc1. The highest BCUT2D eigenvalue weighted by molar-refractivity contribution is 7.92. The van der Waals surface area contributed by atoms with E-state index in [0.717, 1.165) is 5.56 Å². The van der Waals surface area contributed by atoms with Gasteiger partial charge in [-0.15, -0.1) is 0 Å². The molecule has 0 saturated heterocycles. The molecule has 2 aromatic rings. The molecule has 1 aliphatic rings. The Morgan fingerprint density at radius 3 is 2.36 bits per heavy atom. The molecular formula is C21H26N2O4S. The van der Waals surface area contributed by atoms with Gasteiger partial charge in [0.2, 0.25) is 5.91 Å². The van der Waals surface area contributed by atoms with Gasteiger partial charge in [-0.2, -0.15) is 0 Å². The Balaban J connectivity index is 1.90. The van der Waals surface area contributed by atoms with Crippen molar-refractivity contribution in [3.05, 3.63) is 48.0 Å². The molecule has 0 aliphatic carbocycles. The van der Waals surface area contributed by atoms with Crippen molar-refractivity contribution in [2.75, 3.05) is 23.3 Å². The first-order valence-electron chi connectivity index (χ1n) is 9.19. The Morgan fingerprint density at radius 1 is 1.11 bits per heavy atom. The number of sulfonamides is 1. The van der Waals surface area contributed by atoms with Gasteiger partial charge in [-0.05, 0) is 55.7 Å². The highest BCUT2D eigenvalue weighted by Crippen LogP contribution is 2.37. The number of rotatable bonds is 4. The Kier molecular flexibility index (Phi) is 5.14. The zero-order valence-electron chi connectivity index (χ0n) is 16.8. The van der Waals surface area contributed by atoms with E-state index in [-0.39, 0.29) is 17.4 Å². The minimum absolute atomic E-state index is 0.0875. The maximum absolute atomic E-state index is 12.7. The third-order valence-corrected chi connectivity index (χ3v) is 6.30. The molecule has 6 nitrogen and oxygen atoms in total. The van der Waals surface area contributed by atoms with Crippen molar-refractivity contribution < 1.29 is 17.9 Å². The van der Waals surface area contributed by atoms with Crippen molar-refractivity contribution in [1.29, 1.82) is 0 Å². The average molecular weight is 403 g/mol. The molecule has 0 spiro atoms. The van der Waals surface area contributed by atoms with Crippen molar-refractivity contribution in [1.82, 2.24) is 0 Å². The van der Waals surface area contributed by atoms with Gasteiger partial charge >= 0.3 is 0 Å². The van der Waals surface area contributed by atoms with E-state index in [1.807, 2.05) is 26.0 Å². The molecule has 1 N–H and O–H groups in total. The molecule has 0 bridgehead atoms. The molecule has 0 fully saturated rings. The lowest BCUT2D eigenvalue weighted by Gasteiger charge is -2.24. The maximum atomic E-state index is 12.7. The number of anilines is 2. The number of nitrogens with one attached hydrogen (secondary N) is 1. The summed E-state index contributed by atoms with van der Waals surface area (Å²) in [5.41, 5.74) is 1.32. The predicted molar refractivity (Wildman–Crippen MR) is 110 cm³/mol. The van der Waals surface area contributed by atoms with Gasteiger partial charge in [-0.1, -0.05) is 26.0 Å². The standard InChI is InChI=1S/C21H26N2O4S/c1-14(2)15-6-9-17(10-7-15)28(25,26)22-16-8-11-19-18(12-16)23(5)20(24)21(3,4)13-27-19/h6-12,14,22H,13H2,1-5H3. The summed E-state index contributed by atoms with van der Waals surface area (Å²) in [6.07, 6.45) is 0. The third kappa shape index (κ3) is 3.85. The zero-order chi connectivity index (χ0) is 20.7. The zero-order valence-corrected chi connectivity index (χ0v) is 17.6.